The second-order valence-electron chi connectivity index (χ2n) is 4.06. The summed E-state index contributed by atoms with van der Waals surface area (Å²) in [5.74, 6) is 0. The molecule has 0 aromatic heterocycles. The molecule has 0 aliphatic carbocycles. The highest BCUT2D eigenvalue weighted by Crippen LogP contribution is 2.22. The fourth-order valence-corrected chi connectivity index (χ4v) is 2.35. The Morgan fingerprint density at radius 1 is 1.28 bits per heavy atom. The van der Waals surface area contributed by atoms with Crippen molar-refractivity contribution in [2.75, 3.05) is 12.0 Å². The van der Waals surface area contributed by atoms with Crippen molar-refractivity contribution in [1.29, 1.82) is 0 Å². The van der Waals surface area contributed by atoms with Gasteiger partial charge in [-0.1, -0.05) is 28.1 Å². The van der Waals surface area contributed by atoms with Crippen LogP contribution in [0.15, 0.2) is 69.6 Å². The molecule has 18 heavy (non-hydrogen) atoms. The third kappa shape index (κ3) is 2.24. The van der Waals surface area contributed by atoms with E-state index >= 15 is 0 Å². The van der Waals surface area contributed by atoms with Crippen molar-refractivity contribution in [2.45, 2.75) is 0 Å². The van der Waals surface area contributed by atoms with Crippen molar-refractivity contribution in [3.05, 3.63) is 64.6 Å². The third-order valence-electron chi connectivity index (χ3n) is 2.77. The van der Waals surface area contributed by atoms with E-state index in [1.165, 1.54) is 0 Å². The van der Waals surface area contributed by atoms with Gasteiger partial charge in [-0.3, -0.25) is 4.99 Å². The van der Waals surface area contributed by atoms with Crippen LogP contribution in [-0.2, 0) is 0 Å². The summed E-state index contributed by atoms with van der Waals surface area (Å²) < 4.78 is 1.06. The lowest BCUT2D eigenvalue weighted by atomic mass is 10.2. The molecule has 3 nitrogen and oxygen atoms in total. The van der Waals surface area contributed by atoms with Crippen LogP contribution < -0.4 is 5.32 Å². The van der Waals surface area contributed by atoms with E-state index in [0.717, 1.165) is 21.6 Å². The summed E-state index contributed by atoms with van der Waals surface area (Å²) >= 11 is 3.47. The van der Waals surface area contributed by atoms with Gasteiger partial charge in [0.25, 0.3) is 0 Å². The fraction of sp³-hybridized carbons (Fsp3) is 0.0714. The summed E-state index contributed by atoms with van der Waals surface area (Å²) in [6.45, 7) is 0.680. The molecule has 90 valence electrons. The Labute approximate surface area is 114 Å². The van der Waals surface area contributed by atoms with Crippen molar-refractivity contribution >= 4 is 27.8 Å². The Morgan fingerprint density at radius 2 is 2.22 bits per heavy atom. The molecular weight excluding hydrogens is 290 g/mol. The van der Waals surface area contributed by atoms with E-state index in [9.17, 15) is 0 Å². The van der Waals surface area contributed by atoms with Crippen LogP contribution in [0.3, 0.4) is 0 Å². The molecule has 0 unspecified atom stereocenters. The molecule has 1 aromatic rings. The van der Waals surface area contributed by atoms with Crippen molar-refractivity contribution in [3.8, 4) is 0 Å². The van der Waals surface area contributed by atoms with Gasteiger partial charge >= 0.3 is 0 Å². The minimum absolute atomic E-state index is 0.680. The van der Waals surface area contributed by atoms with Crippen molar-refractivity contribution in [3.63, 3.8) is 0 Å². The summed E-state index contributed by atoms with van der Waals surface area (Å²) in [6.07, 6.45) is 10.1. The van der Waals surface area contributed by atoms with Crippen molar-refractivity contribution < 1.29 is 0 Å². The predicted molar refractivity (Wildman–Crippen MR) is 78.3 cm³/mol. The van der Waals surface area contributed by atoms with Crippen molar-refractivity contribution in [2.24, 2.45) is 4.99 Å². The number of nitrogens with zero attached hydrogens (tertiary/aromatic N) is 2. The Balaban J connectivity index is 1.92. The predicted octanol–water partition coefficient (Wildman–Crippen LogP) is 3.50. The Morgan fingerprint density at radius 3 is 3.11 bits per heavy atom. The standard InChI is InChI=1S/C14H12BrN3/c15-11-4-3-5-12(8-11)17-13-9-16-10-18-7-2-1-6-14(13)18/h1-9,17H,10H2. The summed E-state index contributed by atoms with van der Waals surface area (Å²) in [6, 6.07) is 8.09. The Hall–Kier alpha value is -1.81. The Kier molecular flexibility index (Phi) is 3.02. The van der Waals surface area contributed by atoms with Gasteiger partial charge in [0.15, 0.2) is 0 Å². The van der Waals surface area contributed by atoms with Crippen LogP contribution in [0.5, 0.6) is 0 Å². The number of allylic oxidation sites excluding steroid dienone is 4. The van der Waals surface area contributed by atoms with Crippen LogP contribution in [-0.4, -0.2) is 17.8 Å². The minimum Gasteiger partial charge on any atom is -0.353 e. The maximum atomic E-state index is 4.35. The highest BCUT2D eigenvalue weighted by atomic mass is 79.9. The SMILES string of the molecule is Brc1cccc(NC2=C3C=CC=CN3CN=C2)c1. The van der Waals surface area contributed by atoms with Gasteiger partial charge < -0.3 is 10.2 Å². The van der Waals surface area contributed by atoms with Gasteiger partial charge in [0.1, 0.15) is 6.67 Å². The molecule has 0 amide bonds. The number of hydrogen-bond acceptors (Lipinski definition) is 3. The zero-order valence-corrected chi connectivity index (χ0v) is 11.3. The average molecular weight is 302 g/mol. The van der Waals surface area contributed by atoms with E-state index in [1.807, 2.05) is 48.8 Å². The van der Waals surface area contributed by atoms with E-state index in [2.05, 4.69) is 37.2 Å². The van der Waals surface area contributed by atoms with E-state index in [-0.39, 0.29) is 0 Å². The maximum absolute atomic E-state index is 4.35. The van der Waals surface area contributed by atoms with Gasteiger partial charge in [-0.15, -0.1) is 0 Å². The van der Waals surface area contributed by atoms with Gasteiger partial charge in [0, 0.05) is 22.6 Å². The van der Waals surface area contributed by atoms with Crippen LogP contribution in [0, 0.1) is 0 Å². The van der Waals surface area contributed by atoms with Crippen LogP contribution in [0.1, 0.15) is 0 Å². The molecule has 3 rings (SSSR count). The number of halogens is 1. The second kappa shape index (κ2) is 4.82. The summed E-state index contributed by atoms with van der Waals surface area (Å²) in [7, 11) is 0. The van der Waals surface area contributed by atoms with E-state index < -0.39 is 0 Å². The first-order chi connectivity index (χ1) is 8.83. The average Bonchev–Trinajstić information content (AvgIpc) is 2.39. The summed E-state index contributed by atoms with van der Waals surface area (Å²) in [5.41, 5.74) is 3.20. The van der Waals surface area contributed by atoms with Crippen molar-refractivity contribution in [1.82, 2.24) is 4.90 Å². The smallest absolute Gasteiger partial charge is 0.114 e. The lowest BCUT2D eigenvalue weighted by Crippen LogP contribution is -2.25. The van der Waals surface area contributed by atoms with Gasteiger partial charge in [-0.2, -0.15) is 0 Å². The van der Waals surface area contributed by atoms with Crippen LogP contribution in [0.25, 0.3) is 0 Å². The second-order valence-corrected chi connectivity index (χ2v) is 4.97. The Bertz CT molecular complexity index is 584. The molecule has 0 saturated carbocycles. The largest absolute Gasteiger partial charge is 0.353 e. The molecular formula is C14H12BrN3. The van der Waals surface area contributed by atoms with E-state index in [4.69, 9.17) is 0 Å². The topological polar surface area (TPSA) is 27.6 Å². The number of anilines is 1. The highest BCUT2D eigenvalue weighted by molar-refractivity contribution is 9.10. The lowest BCUT2D eigenvalue weighted by Gasteiger charge is -2.27. The number of hydrogen-bond donors (Lipinski definition) is 1. The maximum Gasteiger partial charge on any atom is 0.114 e. The quantitative estimate of drug-likeness (QED) is 0.905. The molecule has 0 atom stereocenters. The first-order valence-electron chi connectivity index (χ1n) is 5.71. The zero-order valence-electron chi connectivity index (χ0n) is 9.68. The fourth-order valence-electron chi connectivity index (χ4n) is 1.95. The molecule has 2 aliphatic rings. The molecule has 4 heteroatoms. The van der Waals surface area contributed by atoms with Crippen LogP contribution in [0.2, 0.25) is 0 Å². The molecule has 1 aromatic carbocycles. The highest BCUT2D eigenvalue weighted by Gasteiger charge is 2.14. The van der Waals surface area contributed by atoms with Gasteiger partial charge in [-0.05, 0) is 30.4 Å². The molecule has 0 radical (unpaired) electrons. The number of fused-ring (bicyclic) bond motifs is 1. The molecule has 0 fully saturated rings. The number of benzene rings is 1. The van der Waals surface area contributed by atoms with Gasteiger partial charge in [0.2, 0.25) is 0 Å². The number of rotatable bonds is 2. The van der Waals surface area contributed by atoms with Gasteiger partial charge in [-0.25, -0.2) is 0 Å². The summed E-state index contributed by atoms with van der Waals surface area (Å²) in [5, 5.41) is 3.39. The van der Waals surface area contributed by atoms with Crippen LogP contribution in [0.4, 0.5) is 5.69 Å². The molecule has 1 N–H and O–H groups in total. The molecule has 2 heterocycles. The van der Waals surface area contributed by atoms with Gasteiger partial charge in [0.05, 0.1) is 11.4 Å². The third-order valence-corrected chi connectivity index (χ3v) is 3.27. The molecule has 0 saturated heterocycles. The zero-order chi connectivity index (χ0) is 12.4. The lowest BCUT2D eigenvalue weighted by molar-refractivity contribution is 0.484. The number of aliphatic imine (C=N–C) groups is 1. The molecule has 2 aliphatic heterocycles. The van der Waals surface area contributed by atoms with E-state index in [1.54, 1.807) is 0 Å². The monoisotopic (exact) mass is 301 g/mol. The number of nitrogens with one attached hydrogen (secondary N) is 1. The summed E-state index contributed by atoms with van der Waals surface area (Å²) in [4.78, 5) is 6.46. The van der Waals surface area contributed by atoms with Crippen LogP contribution >= 0.6 is 15.9 Å². The molecule has 0 spiro atoms. The normalized spacial score (nSPS) is 17.1. The van der Waals surface area contributed by atoms with E-state index in [0.29, 0.717) is 6.67 Å². The molecule has 0 bridgehead atoms. The first kappa shape index (κ1) is 11.3. The first-order valence-corrected chi connectivity index (χ1v) is 6.50. The minimum atomic E-state index is 0.680.